The number of ether oxygens (including phenoxy) is 1. The van der Waals surface area contributed by atoms with Gasteiger partial charge in [-0.2, -0.15) is 0 Å². The number of benzene rings is 1. The van der Waals surface area contributed by atoms with Crippen LogP contribution in [0.5, 0.6) is 0 Å². The summed E-state index contributed by atoms with van der Waals surface area (Å²) in [5.74, 6) is -0.993. The summed E-state index contributed by atoms with van der Waals surface area (Å²) in [6.45, 7) is 0.138. The second-order valence-corrected chi connectivity index (χ2v) is 4.88. The molecule has 0 aliphatic carbocycles. The second-order valence-electron chi connectivity index (χ2n) is 4.03. The average molecular weight is 316 g/mol. The molecule has 1 aliphatic heterocycles. The van der Waals surface area contributed by atoms with Crippen LogP contribution in [0.4, 0.5) is 4.39 Å². The van der Waals surface area contributed by atoms with Crippen LogP contribution in [0.1, 0.15) is 23.2 Å². The topological polar surface area (TPSA) is 55.4 Å². The molecule has 0 bridgehead atoms. The Balaban J connectivity index is 1.91. The molecule has 1 fully saturated rings. The van der Waals surface area contributed by atoms with E-state index in [-0.39, 0.29) is 28.6 Å². The number of rotatable bonds is 3. The summed E-state index contributed by atoms with van der Waals surface area (Å²) in [5, 5.41) is 2.70. The summed E-state index contributed by atoms with van der Waals surface area (Å²) in [6.07, 6.45) is 1.13. The second kappa shape index (κ2) is 5.48. The predicted octanol–water partition coefficient (Wildman–Crippen LogP) is 2.02. The smallest absolute Gasteiger partial charge is 0.338 e. The highest BCUT2D eigenvalue weighted by atomic mass is 79.9. The third-order valence-electron chi connectivity index (χ3n) is 2.66. The van der Waals surface area contributed by atoms with Crippen molar-refractivity contribution in [2.45, 2.75) is 18.9 Å². The first-order valence-corrected chi connectivity index (χ1v) is 6.27. The quantitative estimate of drug-likeness (QED) is 0.868. The van der Waals surface area contributed by atoms with E-state index < -0.39 is 11.8 Å². The molecule has 1 aliphatic rings. The third kappa shape index (κ3) is 3.07. The first-order chi connectivity index (χ1) is 8.56. The molecule has 1 aromatic rings. The van der Waals surface area contributed by atoms with Gasteiger partial charge >= 0.3 is 5.97 Å². The summed E-state index contributed by atoms with van der Waals surface area (Å²) >= 11 is 3.00. The van der Waals surface area contributed by atoms with E-state index in [0.29, 0.717) is 12.8 Å². The van der Waals surface area contributed by atoms with Crippen molar-refractivity contribution in [3.63, 3.8) is 0 Å². The molecule has 0 radical (unpaired) electrons. The zero-order chi connectivity index (χ0) is 13.1. The van der Waals surface area contributed by atoms with E-state index in [1.807, 2.05) is 0 Å². The minimum absolute atomic E-state index is 0.0272. The maximum Gasteiger partial charge on any atom is 0.338 e. The Labute approximate surface area is 112 Å². The SMILES string of the molecule is O=C1CC[C@@H](COC(=O)c2ccc(F)c(Br)c2)N1. The van der Waals surface area contributed by atoms with Crippen molar-refractivity contribution in [3.05, 3.63) is 34.1 Å². The molecule has 1 aromatic carbocycles. The van der Waals surface area contributed by atoms with Gasteiger partial charge in [0, 0.05) is 6.42 Å². The number of carbonyl (C=O) groups excluding carboxylic acids is 2. The lowest BCUT2D eigenvalue weighted by molar-refractivity contribution is -0.119. The van der Waals surface area contributed by atoms with Crippen molar-refractivity contribution in [3.8, 4) is 0 Å². The van der Waals surface area contributed by atoms with Gasteiger partial charge in [0.1, 0.15) is 12.4 Å². The molecule has 0 spiro atoms. The monoisotopic (exact) mass is 315 g/mol. The van der Waals surface area contributed by atoms with Gasteiger partial charge in [0.25, 0.3) is 0 Å². The zero-order valence-corrected chi connectivity index (χ0v) is 11.0. The molecule has 96 valence electrons. The van der Waals surface area contributed by atoms with Crippen LogP contribution in [0.3, 0.4) is 0 Å². The first-order valence-electron chi connectivity index (χ1n) is 5.48. The van der Waals surface area contributed by atoms with Crippen molar-refractivity contribution in [2.24, 2.45) is 0 Å². The summed E-state index contributed by atoms with van der Waals surface area (Å²) < 4.78 is 18.3. The lowest BCUT2D eigenvalue weighted by Gasteiger charge is -2.10. The van der Waals surface area contributed by atoms with Crippen LogP contribution in [0.25, 0.3) is 0 Å². The molecule has 0 unspecified atom stereocenters. The normalized spacial score (nSPS) is 18.6. The minimum Gasteiger partial charge on any atom is -0.460 e. The summed E-state index contributed by atoms with van der Waals surface area (Å²) in [5.41, 5.74) is 0.271. The number of carbonyl (C=O) groups is 2. The molecule has 1 N–H and O–H groups in total. The van der Waals surface area contributed by atoms with Crippen molar-refractivity contribution >= 4 is 27.8 Å². The van der Waals surface area contributed by atoms with Gasteiger partial charge in [-0.05, 0) is 40.5 Å². The molecule has 6 heteroatoms. The number of halogens is 2. The fourth-order valence-electron chi connectivity index (χ4n) is 1.69. The molecule has 18 heavy (non-hydrogen) atoms. The Kier molecular flexibility index (Phi) is 3.96. The largest absolute Gasteiger partial charge is 0.460 e. The number of nitrogens with one attached hydrogen (secondary N) is 1. The zero-order valence-electron chi connectivity index (χ0n) is 9.41. The lowest BCUT2D eigenvalue weighted by atomic mass is 10.2. The average Bonchev–Trinajstić information content (AvgIpc) is 2.75. The Bertz CT molecular complexity index is 492. The number of amides is 1. The molecule has 4 nitrogen and oxygen atoms in total. The molecular formula is C12H11BrFNO3. The van der Waals surface area contributed by atoms with E-state index in [1.54, 1.807) is 0 Å². The summed E-state index contributed by atoms with van der Waals surface area (Å²) in [4.78, 5) is 22.6. The molecular weight excluding hydrogens is 305 g/mol. The van der Waals surface area contributed by atoms with Gasteiger partial charge in [0.15, 0.2) is 0 Å². The van der Waals surface area contributed by atoms with E-state index in [4.69, 9.17) is 4.74 Å². The van der Waals surface area contributed by atoms with E-state index >= 15 is 0 Å². The molecule has 0 aromatic heterocycles. The maximum atomic E-state index is 13.0. The van der Waals surface area contributed by atoms with Crippen molar-refractivity contribution in [2.75, 3.05) is 6.61 Å². The van der Waals surface area contributed by atoms with Gasteiger partial charge in [-0.3, -0.25) is 4.79 Å². The maximum absolute atomic E-state index is 13.0. The van der Waals surface area contributed by atoms with E-state index in [1.165, 1.54) is 18.2 Å². The van der Waals surface area contributed by atoms with Crippen LogP contribution >= 0.6 is 15.9 Å². The Morgan fingerprint density at radius 3 is 2.94 bits per heavy atom. The Hall–Kier alpha value is -1.43. The molecule has 1 amide bonds. The van der Waals surface area contributed by atoms with Crippen LogP contribution < -0.4 is 5.32 Å². The lowest BCUT2D eigenvalue weighted by Crippen LogP contribution is -2.30. The van der Waals surface area contributed by atoms with Crippen LogP contribution in [0.15, 0.2) is 22.7 Å². The van der Waals surface area contributed by atoms with Crippen molar-refractivity contribution in [1.29, 1.82) is 0 Å². The van der Waals surface area contributed by atoms with Gasteiger partial charge in [-0.15, -0.1) is 0 Å². The summed E-state index contributed by atoms with van der Waals surface area (Å²) in [6, 6.07) is 3.80. The first kappa shape index (κ1) is 13.0. The van der Waals surface area contributed by atoms with Crippen molar-refractivity contribution in [1.82, 2.24) is 5.32 Å². The van der Waals surface area contributed by atoms with Crippen LogP contribution in [0, 0.1) is 5.82 Å². The third-order valence-corrected chi connectivity index (χ3v) is 3.26. The van der Waals surface area contributed by atoms with Crippen LogP contribution in [-0.4, -0.2) is 24.5 Å². The molecule has 2 rings (SSSR count). The standard InChI is InChI=1S/C12H11BrFNO3/c13-9-5-7(1-3-10(9)14)12(17)18-6-8-2-4-11(16)15-8/h1,3,5,8H,2,4,6H2,(H,15,16)/t8-/m0/s1. The van der Waals surface area contributed by atoms with Crippen molar-refractivity contribution < 1.29 is 18.7 Å². The minimum atomic E-state index is -0.531. The van der Waals surface area contributed by atoms with Crippen LogP contribution in [0.2, 0.25) is 0 Å². The molecule has 1 saturated heterocycles. The predicted molar refractivity (Wildman–Crippen MR) is 65.5 cm³/mol. The fourth-order valence-corrected chi connectivity index (χ4v) is 2.06. The van der Waals surface area contributed by atoms with Gasteiger partial charge < -0.3 is 10.1 Å². The molecule has 0 saturated carbocycles. The fraction of sp³-hybridized carbons (Fsp3) is 0.333. The highest BCUT2D eigenvalue weighted by Crippen LogP contribution is 2.17. The van der Waals surface area contributed by atoms with Gasteiger partial charge in [-0.25, -0.2) is 9.18 Å². The Morgan fingerprint density at radius 2 is 2.33 bits per heavy atom. The molecule has 1 heterocycles. The van der Waals surface area contributed by atoms with Crippen LogP contribution in [-0.2, 0) is 9.53 Å². The van der Waals surface area contributed by atoms with Gasteiger partial charge in [0.05, 0.1) is 16.1 Å². The number of hydrogen-bond acceptors (Lipinski definition) is 3. The Morgan fingerprint density at radius 1 is 1.56 bits per heavy atom. The summed E-state index contributed by atoms with van der Waals surface area (Å²) in [7, 11) is 0. The van der Waals surface area contributed by atoms with E-state index in [0.717, 1.165) is 0 Å². The van der Waals surface area contributed by atoms with Gasteiger partial charge in [-0.1, -0.05) is 0 Å². The number of esters is 1. The molecule has 1 atom stereocenters. The van der Waals surface area contributed by atoms with Gasteiger partial charge in [0.2, 0.25) is 5.91 Å². The highest BCUT2D eigenvalue weighted by Gasteiger charge is 2.22. The highest BCUT2D eigenvalue weighted by molar-refractivity contribution is 9.10. The number of hydrogen-bond donors (Lipinski definition) is 1. The van der Waals surface area contributed by atoms with E-state index in [2.05, 4.69) is 21.2 Å². The van der Waals surface area contributed by atoms with E-state index in [9.17, 15) is 14.0 Å².